The molecule has 6 heteroatoms. The van der Waals surface area contributed by atoms with E-state index in [2.05, 4.69) is 15.3 Å². The van der Waals surface area contributed by atoms with Crippen molar-refractivity contribution in [2.75, 3.05) is 11.6 Å². The summed E-state index contributed by atoms with van der Waals surface area (Å²) in [7, 11) is -3.17. The van der Waals surface area contributed by atoms with Crippen LogP contribution in [0.5, 0.6) is 0 Å². The van der Waals surface area contributed by atoms with Crippen LogP contribution in [0.2, 0.25) is 0 Å². The first-order valence-corrected chi connectivity index (χ1v) is 8.81. The second-order valence-electron chi connectivity index (χ2n) is 5.33. The van der Waals surface area contributed by atoms with Crippen molar-refractivity contribution in [3.05, 3.63) is 53.6 Å². The normalized spacial score (nSPS) is 11.7. The number of rotatable bonds is 4. The van der Waals surface area contributed by atoms with Crippen LogP contribution in [-0.4, -0.2) is 24.6 Å². The van der Waals surface area contributed by atoms with Gasteiger partial charge in [-0.25, -0.2) is 13.4 Å². The largest absolute Gasteiger partial charge is 0.352 e. The van der Waals surface area contributed by atoms with Crippen LogP contribution in [-0.2, 0) is 16.4 Å². The highest BCUT2D eigenvalue weighted by atomic mass is 32.2. The number of benzene rings is 2. The Balaban J connectivity index is 1.78. The van der Waals surface area contributed by atoms with Crippen LogP contribution < -0.4 is 5.32 Å². The third-order valence-electron chi connectivity index (χ3n) is 3.49. The van der Waals surface area contributed by atoms with Crippen LogP contribution in [0.4, 0.5) is 5.95 Å². The first-order valence-electron chi connectivity index (χ1n) is 6.92. The third kappa shape index (κ3) is 2.96. The number of aromatic nitrogens is 2. The summed E-state index contributed by atoms with van der Waals surface area (Å²) < 4.78 is 23.2. The van der Waals surface area contributed by atoms with E-state index >= 15 is 0 Å². The molecule has 0 bridgehead atoms. The standard InChI is InChI=1S/C16H17N3O2S/c1-11-9-12(7-8-15(11)22(2,20)21)10-17-16-18-13-5-3-4-6-14(13)19-16/h3-9H,10H2,1-2H3,(H2,17,18,19). The van der Waals surface area contributed by atoms with Gasteiger partial charge in [-0.2, -0.15) is 0 Å². The minimum Gasteiger partial charge on any atom is -0.352 e. The lowest BCUT2D eigenvalue weighted by Crippen LogP contribution is -2.04. The van der Waals surface area contributed by atoms with Crippen molar-refractivity contribution in [3.8, 4) is 0 Å². The molecule has 0 unspecified atom stereocenters. The molecule has 0 spiro atoms. The summed E-state index contributed by atoms with van der Waals surface area (Å²) >= 11 is 0. The number of hydrogen-bond acceptors (Lipinski definition) is 4. The molecule has 2 aromatic carbocycles. The minimum absolute atomic E-state index is 0.375. The number of sulfone groups is 1. The molecule has 0 aliphatic rings. The van der Waals surface area contributed by atoms with Gasteiger partial charge in [0.2, 0.25) is 5.95 Å². The summed E-state index contributed by atoms with van der Waals surface area (Å²) in [6.07, 6.45) is 1.22. The number of anilines is 1. The zero-order valence-electron chi connectivity index (χ0n) is 12.4. The molecule has 0 fully saturated rings. The third-order valence-corrected chi connectivity index (χ3v) is 4.75. The Kier molecular flexibility index (Phi) is 3.62. The van der Waals surface area contributed by atoms with E-state index in [1.54, 1.807) is 13.0 Å². The predicted octanol–water partition coefficient (Wildman–Crippen LogP) is 2.89. The average molecular weight is 315 g/mol. The molecule has 0 amide bonds. The lowest BCUT2D eigenvalue weighted by atomic mass is 10.1. The molecule has 114 valence electrons. The van der Waals surface area contributed by atoms with Gasteiger partial charge < -0.3 is 10.3 Å². The van der Waals surface area contributed by atoms with Crippen LogP contribution in [0.1, 0.15) is 11.1 Å². The quantitative estimate of drug-likeness (QED) is 0.776. The summed E-state index contributed by atoms with van der Waals surface area (Å²) in [6.45, 7) is 2.38. The topological polar surface area (TPSA) is 74.8 Å². The van der Waals surface area contributed by atoms with Crippen LogP contribution >= 0.6 is 0 Å². The van der Waals surface area contributed by atoms with Gasteiger partial charge in [-0.15, -0.1) is 0 Å². The highest BCUT2D eigenvalue weighted by Crippen LogP contribution is 2.18. The molecule has 1 heterocycles. The number of nitrogens with zero attached hydrogens (tertiary/aromatic N) is 1. The Labute approximate surface area is 129 Å². The zero-order valence-corrected chi connectivity index (χ0v) is 13.2. The number of hydrogen-bond donors (Lipinski definition) is 2. The van der Waals surface area contributed by atoms with Crippen molar-refractivity contribution < 1.29 is 8.42 Å². The first-order chi connectivity index (χ1) is 10.4. The fourth-order valence-corrected chi connectivity index (χ4v) is 3.42. The molecule has 0 atom stereocenters. The van der Waals surface area contributed by atoms with Crippen LogP contribution in [0.15, 0.2) is 47.4 Å². The van der Waals surface area contributed by atoms with E-state index in [4.69, 9.17) is 0 Å². The van der Waals surface area contributed by atoms with Gasteiger partial charge in [-0.3, -0.25) is 0 Å². The molecule has 5 nitrogen and oxygen atoms in total. The fourth-order valence-electron chi connectivity index (χ4n) is 2.46. The Bertz CT molecular complexity index is 896. The molecular formula is C16H17N3O2S. The van der Waals surface area contributed by atoms with E-state index in [0.717, 1.165) is 22.2 Å². The van der Waals surface area contributed by atoms with Crippen LogP contribution in [0.25, 0.3) is 11.0 Å². The van der Waals surface area contributed by atoms with Gasteiger partial charge >= 0.3 is 0 Å². The molecule has 2 N–H and O–H groups in total. The maximum absolute atomic E-state index is 11.6. The van der Waals surface area contributed by atoms with Gasteiger partial charge in [0.05, 0.1) is 15.9 Å². The van der Waals surface area contributed by atoms with Crippen molar-refractivity contribution in [1.29, 1.82) is 0 Å². The lowest BCUT2D eigenvalue weighted by Gasteiger charge is -2.07. The molecule has 3 aromatic rings. The van der Waals surface area contributed by atoms with Crippen LogP contribution in [0, 0.1) is 6.92 Å². The van der Waals surface area contributed by atoms with Gasteiger partial charge in [0, 0.05) is 12.8 Å². The number of imidazole rings is 1. The van der Waals surface area contributed by atoms with E-state index in [0.29, 0.717) is 17.4 Å². The minimum atomic E-state index is -3.17. The van der Waals surface area contributed by atoms with Gasteiger partial charge in [0.25, 0.3) is 0 Å². The fraction of sp³-hybridized carbons (Fsp3) is 0.188. The van der Waals surface area contributed by atoms with Gasteiger partial charge in [-0.1, -0.05) is 24.3 Å². The van der Waals surface area contributed by atoms with Gasteiger partial charge in [0.1, 0.15) is 0 Å². The Morgan fingerprint density at radius 3 is 2.64 bits per heavy atom. The SMILES string of the molecule is Cc1cc(CNc2nc3ccccc3[nH]2)ccc1S(C)(=O)=O. The van der Waals surface area contributed by atoms with Crippen molar-refractivity contribution in [1.82, 2.24) is 9.97 Å². The lowest BCUT2D eigenvalue weighted by molar-refractivity contribution is 0.601. The molecule has 0 saturated carbocycles. The van der Waals surface area contributed by atoms with Crippen molar-refractivity contribution in [2.24, 2.45) is 0 Å². The van der Waals surface area contributed by atoms with E-state index < -0.39 is 9.84 Å². The molecule has 0 aliphatic carbocycles. The van der Waals surface area contributed by atoms with Crippen molar-refractivity contribution in [3.63, 3.8) is 0 Å². The maximum atomic E-state index is 11.6. The summed E-state index contributed by atoms with van der Waals surface area (Å²) in [6, 6.07) is 13.2. The van der Waals surface area contributed by atoms with E-state index in [9.17, 15) is 8.42 Å². The smallest absolute Gasteiger partial charge is 0.201 e. The summed E-state index contributed by atoms with van der Waals surface area (Å²) in [5.74, 6) is 0.700. The molecule has 0 aliphatic heterocycles. The maximum Gasteiger partial charge on any atom is 0.201 e. The Hall–Kier alpha value is -2.34. The molecule has 22 heavy (non-hydrogen) atoms. The first kappa shape index (κ1) is 14.6. The van der Waals surface area contributed by atoms with Gasteiger partial charge in [0.15, 0.2) is 9.84 Å². The molecule has 0 saturated heterocycles. The van der Waals surface area contributed by atoms with Crippen molar-refractivity contribution >= 4 is 26.8 Å². The Morgan fingerprint density at radius 2 is 1.95 bits per heavy atom. The Morgan fingerprint density at radius 1 is 1.18 bits per heavy atom. The number of H-pyrrole nitrogens is 1. The summed E-state index contributed by atoms with van der Waals surface area (Å²) in [5.41, 5.74) is 3.65. The summed E-state index contributed by atoms with van der Waals surface area (Å²) in [4.78, 5) is 8.02. The molecule has 3 rings (SSSR count). The number of aromatic amines is 1. The van der Waals surface area contributed by atoms with Gasteiger partial charge in [-0.05, 0) is 36.2 Å². The molecule has 0 radical (unpaired) electrons. The van der Waals surface area contributed by atoms with E-state index in [-0.39, 0.29) is 0 Å². The molecule has 1 aromatic heterocycles. The van der Waals surface area contributed by atoms with E-state index in [1.807, 2.05) is 36.4 Å². The van der Waals surface area contributed by atoms with Crippen LogP contribution in [0.3, 0.4) is 0 Å². The number of fused-ring (bicyclic) bond motifs is 1. The monoisotopic (exact) mass is 315 g/mol. The summed E-state index contributed by atoms with van der Waals surface area (Å²) in [5, 5.41) is 3.22. The number of para-hydroxylation sites is 2. The zero-order chi connectivity index (χ0) is 15.7. The highest BCUT2D eigenvalue weighted by Gasteiger charge is 2.11. The van der Waals surface area contributed by atoms with E-state index in [1.165, 1.54) is 6.26 Å². The second kappa shape index (κ2) is 5.46. The number of nitrogens with one attached hydrogen (secondary N) is 2. The predicted molar refractivity (Wildman–Crippen MR) is 87.7 cm³/mol. The average Bonchev–Trinajstić information content (AvgIpc) is 2.86. The number of aryl methyl sites for hydroxylation is 1. The second-order valence-corrected chi connectivity index (χ2v) is 7.31. The highest BCUT2D eigenvalue weighted by molar-refractivity contribution is 7.90. The molecular weight excluding hydrogens is 298 g/mol. The van der Waals surface area contributed by atoms with Crippen molar-refractivity contribution in [2.45, 2.75) is 18.4 Å².